The summed E-state index contributed by atoms with van der Waals surface area (Å²) in [6.07, 6.45) is 1.08. The maximum Gasteiger partial charge on any atom is 0.227 e. The first-order valence-corrected chi connectivity index (χ1v) is 5.98. The van der Waals surface area contributed by atoms with Crippen LogP contribution in [0, 0.1) is 0 Å². The Morgan fingerprint density at radius 1 is 1.44 bits per heavy atom. The van der Waals surface area contributed by atoms with Gasteiger partial charge in [0.05, 0.1) is 5.92 Å². The van der Waals surface area contributed by atoms with Crippen molar-refractivity contribution >= 4 is 11.7 Å². The molecule has 0 spiro atoms. The van der Waals surface area contributed by atoms with Gasteiger partial charge in [0, 0.05) is 13.0 Å². The highest BCUT2D eigenvalue weighted by molar-refractivity contribution is 5.84. The van der Waals surface area contributed by atoms with Gasteiger partial charge >= 0.3 is 0 Å². The molecule has 4 N–H and O–H groups in total. The van der Waals surface area contributed by atoms with Crippen molar-refractivity contribution in [3.8, 4) is 0 Å². The van der Waals surface area contributed by atoms with E-state index in [2.05, 4.69) is 10.5 Å². The van der Waals surface area contributed by atoms with E-state index < -0.39 is 0 Å². The van der Waals surface area contributed by atoms with E-state index in [9.17, 15) is 4.79 Å². The number of amidine groups is 1. The zero-order valence-corrected chi connectivity index (χ0v) is 10.5. The molecule has 0 aliphatic carbocycles. The first kappa shape index (κ1) is 14.0. The number of carbonyl (C=O) groups is 1. The van der Waals surface area contributed by atoms with Crippen LogP contribution in [0.15, 0.2) is 35.5 Å². The molecule has 1 unspecified atom stereocenters. The monoisotopic (exact) mass is 249 g/mol. The van der Waals surface area contributed by atoms with Gasteiger partial charge < -0.3 is 16.3 Å². The molecule has 0 bridgehead atoms. The molecule has 0 heterocycles. The number of nitrogens with two attached hydrogens (primary N) is 1. The third-order valence-electron chi connectivity index (χ3n) is 2.74. The van der Waals surface area contributed by atoms with Crippen molar-refractivity contribution in [1.29, 1.82) is 0 Å². The molecule has 5 heteroatoms. The predicted molar refractivity (Wildman–Crippen MR) is 70.5 cm³/mol. The summed E-state index contributed by atoms with van der Waals surface area (Å²) in [6.45, 7) is 2.35. The van der Waals surface area contributed by atoms with E-state index in [0.29, 0.717) is 13.0 Å². The van der Waals surface area contributed by atoms with Crippen molar-refractivity contribution in [3.05, 3.63) is 35.9 Å². The van der Waals surface area contributed by atoms with Gasteiger partial charge in [-0.1, -0.05) is 42.4 Å². The second kappa shape index (κ2) is 7.32. The van der Waals surface area contributed by atoms with Gasteiger partial charge in [-0.25, -0.2) is 0 Å². The molecule has 1 aromatic rings. The van der Waals surface area contributed by atoms with Crippen LogP contribution in [0.25, 0.3) is 0 Å². The summed E-state index contributed by atoms with van der Waals surface area (Å²) in [5, 5.41) is 14.0. The maximum absolute atomic E-state index is 12.0. The largest absolute Gasteiger partial charge is 0.409 e. The van der Waals surface area contributed by atoms with Gasteiger partial charge in [-0.3, -0.25) is 4.79 Å². The summed E-state index contributed by atoms with van der Waals surface area (Å²) in [7, 11) is 0. The van der Waals surface area contributed by atoms with Crippen molar-refractivity contribution in [2.75, 3.05) is 6.54 Å². The average molecular weight is 249 g/mol. The quantitative estimate of drug-likeness (QED) is 0.308. The molecule has 0 radical (unpaired) electrons. The molecule has 0 aliphatic heterocycles. The average Bonchev–Trinajstić information content (AvgIpc) is 2.40. The van der Waals surface area contributed by atoms with Crippen LogP contribution in [0.5, 0.6) is 0 Å². The number of oxime groups is 1. The molecule has 1 atom stereocenters. The van der Waals surface area contributed by atoms with Crippen molar-refractivity contribution in [3.63, 3.8) is 0 Å². The topological polar surface area (TPSA) is 87.7 Å². The van der Waals surface area contributed by atoms with E-state index in [0.717, 1.165) is 12.0 Å². The van der Waals surface area contributed by atoms with Crippen molar-refractivity contribution in [2.45, 2.75) is 25.7 Å². The van der Waals surface area contributed by atoms with Crippen LogP contribution in [0.3, 0.4) is 0 Å². The molecule has 0 saturated heterocycles. The van der Waals surface area contributed by atoms with Gasteiger partial charge in [0.2, 0.25) is 5.91 Å². The van der Waals surface area contributed by atoms with E-state index in [1.54, 1.807) is 0 Å². The fourth-order valence-corrected chi connectivity index (χ4v) is 1.74. The fourth-order valence-electron chi connectivity index (χ4n) is 1.74. The molecule has 98 valence electrons. The van der Waals surface area contributed by atoms with Gasteiger partial charge in [0.15, 0.2) is 0 Å². The number of rotatable bonds is 6. The van der Waals surface area contributed by atoms with Gasteiger partial charge in [0.1, 0.15) is 5.84 Å². The highest BCUT2D eigenvalue weighted by atomic mass is 16.4. The van der Waals surface area contributed by atoms with E-state index in [4.69, 9.17) is 10.9 Å². The van der Waals surface area contributed by atoms with Crippen molar-refractivity contribution in [1.82, 2.24) is 5.32 Å². The maximum atomic E-state index is 12.0. The van der Waals surface area contributed by atoms with Crippen LogP contribution in [0.1, 0.15) is 31.2 Å². The molecule has 1 aromatic carbocycles. The Morgan fingerprint density at radius 3 is 2.67 bits per heavy atom. The van der Waals surface area contributed by atoms with Crippen LogP contribution < -0.4 is 11.1 Å². The van der Waals surface area contributed by atoms with E-state index in [-0.39, 0.29) is 17.7 Å². The lowest BCUT2D eigenvalue weighted by molar-refractivity contribution is -0.122. The summed E-state index contributed by atoms with van der Waals surface area (Å²) in [5.41, 5.74) is 6.33. The summed E-state index contributed by atoms with van der Waals surface area (Å²) in [5.74, 6) is -0.0732. The van der Waals surface area contributed by atoms with Gasteiger partial charge in [0.25, 0.3) is 0 Å². The van der Waals surface area contributed by atoms with Crippen LogP contribution in [0.4, 0.5) is 0 Å². The number of hydrogen-bond donors (Lipinski definition) is 3. The van der Waals surface area contributed by atoms with Crippen LogP contribution in [-0.2, 0) is 4.79 Å². The number of nitrogens with one attached hydrogen (secondary N) is 1. The van der Waals surface area contributed by atoms with Crippen molar-refractivity contribution < 1.29 is 10.0 Å². The minimum absolute atomic E-state index is 0.0329. The third-order valence-corrected chi connectivity index (χ3v) is 2.74. The molecule has 1 amide bonds. The van der Waals surface area contributed by atoms with E-state index in [1.165, 1.54) is 0 Å². The molecular weight excluding hydrogens is 230 g/mol. The van der Waals surface area contributed by atoms with E-state index in [1.807, 2.05) is 37.3 Å². The number of carbonyl (C=O) groups excluding carboxylic acids is 1. The fraction of sp³-hybridized carbons (Fsp3) is 0.385. The number of benzene rings is 1. The summed E-state index contributed by atoms with van der Waals surface area (Å²) < 4.78 is 0. The molecule has 18 heavy (non-hydrogen) atoms. The second-order valence-electron chi connectivity index (χ2n) is 4.00. The van der Waals surface area contributed by atoms with Crippen molar-refractivity contribution in [2.24, 2.45) is 10.9 Å². The Hall–Kier alpha value is -2.04. The molecule has 0 aliphatic rings. The zero-order valence-electron chi connectivity index (χ0n) is 10.5. The molecular formula is C13H19N3O2. The Labute approximate surface area is 107 Å². The van der Waals surface area contributed by atoms with Gasteiger partial charge in [-0.2, -0.15) is 0 Å². The Morgan fingerprint density at radius 2 is 2.11 bits per heavy atom. The first-order valence-electron chi connectivity index (χ1n) is 5.98. The second-order valence-corrected chi connectivity index (χ2v) is 4.00. The smallest absolute Gasteiger partial charge is 0.227 e. The molecule has 1 rings (SSSR count). The lowest BCUT2D eigenvalue weighted by atomic mass is 9.96. The van der Waals surface area contributed by atoms with Crippen LogP contribution in [0.2, 0.25) is 0 Å². The molecule has 5 nitrogen and oxygen atoms in total. The van der Waals surface area contributed by atoms with E-state index >= 15 is 0 Å². The number of amides is 1. The number of hydrogen-bond acceptors (Lipinski definition) is 3. The minimum Gasteiger partial charge on any atom is -0.409 e. The molecule has 0 fully saturated rings. The highest BCUT2D eigenvalue weighted by Gasteiger charge is 2.17. The Bertz CT molecular complexity index is 404. The lowest BCUT2D eigenvalue weighted by Gasteiger charge is -2.15. The minimum atomic E-state index is -0.154. The van der Waals surface area contributed by atoms with Gasteiger partial charge in [-0.15, -0.1) is 0 Å². The molecule has 0 saturated carbocycles. The van der Waals surface area contributed by atoms with Crippen LogP contribution >= 0.6 is 0 Å². The summed E-state index contributed by atoms with van der Waals surface area (Å²) in [6, 6.07) is 9.64. The van der Waals surface area contributed by atoms with Crippen LogP contribution in [-0.4, -0.2) is 23.5 Å². The third kappa shape index (κ3) is 4.08. The highest BCUT2D eigenvalue weighted by Crippen LogP contribution is 2.18. The summed E-state index contributed by atoms with van der Waals surface area (Å²) in [4.78, 5) is 12.0. The first-order chi connectivity index (χ1) is 8.69. The predicted octanol–water partition coefficient (Wildman–Crippen LogP) is 1.43. The van der Waals surface area contributed by atoms with Gasteiger partial charge in [-0.05, 0) is 12.0 Å². The molecule has 0 aromatic heterocycles. The number of nitrogens with zero attached hydrogens (tertiary/aromatic N) is 1. The normalized spacial score (nSPS) is 13.1. The zero-order chi connectivity index (χ0) is 13.4. The lowest BCUT2D eigenvalue weighted by Crippen LogP contribution is -2.32. The standard InChI is InChI=1S/C13H19N3O2/c1-2-11(10-6-4-3-5-7-10)13(17)15-9-8-12(14)16-18/h3-7,11,18H,2,8-9H2,1H3,(H2,14,16)(H,15,17). The summed E-state index contributed by atoms with van der Waals surface area (Å²) >= 11 is 0. The Balaban J connectivity index is 2.53. The Kier molecular flexibility index (Phi) is 5.70. The SMILES string of the molecule is CCC(C(=O)NCC/C(N)=N/O)c1ccccc1.